The van der Waals surface area contributed by atoms with Crippen LogP contribution in [-0.4, -0.2) is 22.2 Å². The summed E-state index contributed by atoms with van der Waals surface area (Å²) in [7, 11) is 1.62. The molecule has 0 aromatic rings. The van der Waals surface area contributed by atoms with Gasteiger partial charge in [0.1, 0.15) is 9.98 Å². The molecule has 2 aliphatic rings. The Morgan fingerprint density at radius 2 is 1.75 bits per heavy atom. The summed E-state index contributed by atoms with van der Waals surface area (Å²) in [5, 5.41) is 1.65. The van der Waals surface area contributed by atoms with Crippen molar-refractivity contribution in [1.29, 1.82) is 0 Å². The number of nitrogens with zero attached hydrogens (tertiary/aromatic N) is 1. The second-order valence-electron chi connectivity index (χ2n) is 3.30. The highest BCUT2D eigenvalue weighted by Gasteiger charge is 2.44. The molecule has 1 aliphatic heterocycles. The van der Waals surface area contributed by atoms with Crippen molar-refractivity contribution in [2.45, 2.75) is 19.3 Å². The number of hydroxylamine groups is 2. The van der Waals surface area contributed by atoms with Crippen LogP contribution in [0.25, 0.3) is 0 Å². The van der Waals surface area contributed by atoms with Crippen LogP contribution in [-0.2, 0) is 4.84 Å². The molecule has 0 amide bonds. The summed E-state index contributed by atoms with van der Waals surface area (Å²) in [5.41, 5.74) is 0. The van der Waals surface area contributed by atoms with Crippen molar-refractivity contribution >= 4 is 34.4 Å². The first kappa shape index (κ1) is 8.53. The molecule has 66 valence electrons. The lowest BCUT2D eigenvalue weighted by molar-refractivity contribution is 0.00594. The Morgan fingerprint density at radius 3 is 2.17 bits per heavy atom. The fraction of sp³-hybridized carbons (Fsp3) is 0.750. The van der Waals surface area contributed by atoms with Gasteiger partial charge in [-0.05, 0) is 12.8 Å². The van der Waals surface area contributed by atoms with Crippen molar-refractivity contribution in [3.05, 3.63) is 0 Å². The summed E-state index contributed by atoms with van der Waals surface area (Å²) < 4.78 is 0. The van der Waals surface area contributed by atoms with Crippen LogP contribution in [0.1, 0.15) is 19.3 Å². The van der Waals surface area contributed by atoms with Crippen molar-refractivity contribution < 1.29 is 4.84 Å². The van der Waals surface area contributed by atoms with E-state index in [-0.39, 0.29) is 0 Å². The normalized spacial score (nSPS) is 34.6. The van der Waals surface area contributed by atoms with Crippen molar-refractivity contribution in [2.24, 2.45) is 11.8 Å². The zero-order valence-corrected chi connectivity index (χ0v) is 8.58. The van der Waals surface area contributed by atoms with E-state index in [1.807, 2.05) is 0 Å². The van der Waals surface area contributed by atoms with Crippen LogP contribution in [0.4, 0.5) is 0 Å². The Morgan fingerprint density at radius 1 is 1.25 bits per heavy atom. The lowest BCUT2D eigenvalue weighted by Gasteiger charge is -2.15. The van der Waals surface area contributed by atoms with E-state index in [4.69, 9.17) is 29.3 Å². The third kappa shape index (κ3) is 1.02. The number of rotatable bonds is 1. The molecule has 2 nitrogen and oxygen atoms in total. The van der Waals surface area contributed by atoms with E-state index in [0.29, 0.717) is 11.8 Å². The molecular weight excluding hydrogens is 190 g/mol. The summed E-state index contributed by atoms with van der Waals surface area (Å²) in [6.45, 7) is 0. The SMILES string of the molecule is CON1C(=S)C2CCCC2C1=S. The summed E-state index contributed by atoms with van der Waals surface area (Å²) in [6, 6.07) is 0. The van der Waals surface area contributed by atoms with Crippen molar-refractivity contribution in [1.82, 2.24) is 5.06 Å². The van der Waals surface area contributed by atoms with Crippen LogP contribution in [0.2, 0.25) is 0 Å². The number of hydrogen-bond acceptors (Lipinski definition) is 3. The van der Waals surface area contributed by atoms with E-state index < -0.39 is 0 Å². The smallest absolute Gasteiger partial charge is 0.114 e. The van der Waals surface area contributed by atoms with Gasteiger partial charge in [0.25, 0.3) is 0 Å². The maximum absolute atomic E-state index is 5.27. The van der Waals surface area contributed by atoms with Gasteiger partial charge in [0.2, 0.25) is 0 Å². The van der Waals surface area contributed by atoms with Gasteiger partial charge in [-0.2, -0.15) is 0 Å². The summed E-state index contributed by atoms with van der Waals surface area (Å²) in [4.78, 5) is 6.91. The van der Waals surface area contributed by atoms with Crippen molar-refractivity contribution in [3.63, 3.8) is 0 Å². The highest BCUT2D eigenvalue weighted by atomic mass is 32.1. The fourth-order valence-corrected chi connectivity index (χ4v) is 3.11. The molecule has 2 fully saturated rings. The van der Waals surface area contributed by atoms with Gasteiger partial charge in [0, 0.05) is 11.8 Å². The van der Waals surface area contributed by atoms with Gasteiger partial charge in [0.15, 0.2) is 0 Å². The van der Waals surface area contributed by atoms with E-state index >= 15 is 0 Å². The highest BCUT2D eigenvalue weighted by molar-refractivity contribution is 7.82. The summed E-state index contributed by atoms with van der Waals surface area (Å²) in [6.07, 6.45) is 3.63. The number of fused-ring (bicyclic) bond motifs is 1. The lowest BCUT2D eigenvalue weighted by Crippen LogP contribution is -2.28. The molecule has 0 aromatic heterocycles. The number of thiocarbonyl (C=S) groups is 2. The van der Waals surface area contributed by atoms with E-state index in [0.717, 1.165) is 9.98 Å². The first-order valence-electron chi connectivity index (χ1n) is 4.17. The molecule has 1 heterocycles. The fourth-order valence-electron chi connectivity index (χ4n) is 2.14. The van der Waals surface area contributed by atoms with Crippen LogP contribution in [0, 0.1) is 11.8 Å². The topological polar surface area (TPSA) is 12.5 Å². The van der Waals surface area contributed by atoms with Gasteiger partial charge in [-0.25, -0.2) is 5.06 Å². The third-order valence-electron chi connectivity index (χ3n) is 2.73. The molecular formula is C8H11NOS2. The first-order chi connectivity index (χ1) is 5.75. The van der Waals surface area contributed by atoms with Gasteiger partial charge in [0.05, 0.1) is 7.11 Å². The minimum Gasteiger partial charge on any atom is -0.271 e. The van der Waals surface area contributed by atoms with Gasteiger partial charge in [-0.15, -0.1) is 0 Å². The maximum atomic E-state index is 5.27. The van der Waals surface area contributed by atoms with Gasteiger partial charge in [-0.3, -0.25) is 4.84 Å². The molecule has 0 bridgehead atoms. The third-order valence-corrected chi connectivity index (χ3v) is 3.67. The Kier molecular flexibility index (Phi) is 2.14. The first-order valence-corrected chi connectivity index (χ1v) is 4.99. The molecule has 1 saturated carbocycles. The second kappa shape index (κ2) is 3.01. The zero-order chi connectivity index (χ0) is 8.72. The van der Waals surface area contributed by atoms with Crippen LogP contribution < -0.4 is 0 Å². The predicted molar refractivity (Wildman–Crippen MR) is 54.9 cm³/mol. The molecule has 0 spiro atoms. The summed E-state index contributed by atoms with van der Waals surface area (Å²) in [5.74, 6) is 0.986. The molecule has 0 aromatic carbocycles. The zero-order valence-electron chi connectivity index (χ0n) is 6.95. The molecule has 0 N–H and O–H groups in total. The van der Waals surface area contributed by atoms with E-state index in [1.54, 1.807) is 12.2 Å². The van der Waals surface area contributed by atoms with Crippen molar-refractivity contribution in [2.75, 3.05) is 7.11 Å². The van der Waals surface area contributed by atoms with E-state index in [2.05, 4.69) is 0 Å². The average Bonchev–Trinajstić information content (AvgIpc) is 2.58. The molecule has 2 unspecified atom stereocenters. The Bertz CT molecular complexity index is 219. The maximum Gasteiger partial charge on any atom is 0.114 e. The van der Waals surface area contributed by atoms with Crippen LogP contribution >= 0.6 is 24.4 Å². The van der Waals surface area contributed by atoms with E-state index in [1.165, 1.54) is 19.3 Å². The molecule has 0 radical (unpaired) electrons. The van der Waals surface area contributed by atoms with Crippen LogP contribution in [0.3, 0.4) is 0 Å². The van der Waals surface area contributed by atoms with E-state index in [9.17, 15) is 0 Å². The van der Waals surface area contributed by atoms with Crippen molar-refractivity contribution in [3.8, 4) is 0 Å². The van der Waals surface area contributed by atoms with Crippen LogP contribution in [0.15, 0.2) is 0 Å². The minimum absolute atomic E-state index is 0.493. The van der Waals surface area contributed by atoms with Gasteiger partial charge >= 0.3 is 0 Å². The van der Waals surface area contributed by atoms with Crippen LogP contribution in [0.5, 0.6) is 0 Å². The molecule has 2 rings (SSSR count). The lowest BCUT2D eigenvalue weighted by atomic mass is 10.0. The largest absolute Gasteiger partial charge is 0.271 e. The Hall–Kier alpha value is -0.0600. The van der Waals surface area contributed by atoms with Gasteiger partial charge < -0.3 is 0 Å². The minimum atomic E-state index is 0.493. The second-order valence-corrected chi connectivity index (χ2v) is 4.13. The molecule has 2 atom stereocenters. The average molecular weight is 201 g/mol. The molecule has 1 saturated heterocycles. The standard InChI is InChI=1S/C8H11NOS2/c1-10-9-7(11)5-3-2-4-6(5)8(9)12/h5-6H,2-4H2,1H3. The highest BCUT2D eigenvalue weighted by Crippen LogP contribution is 2.41. The molecule has 12 heavy (non-hydrogen) atoms. The molecule has 1 aliphatic carbocycles. The quantitative estimate of drug-likeness (QED) is 0.601. The predicted octanol–water partition coefficient (Wildman–Crippen LogP) is 1.93. The Balaban J connectivity index is 2.25. The Labute approximate surface area is 82.8 Å². The monoisotopic (exact) mass is 201 g/mol. The van der Waals surface area contributed by atoms with Gasteiger partial charge in [-0.1, -0.05) is 30.9 Å². The molecule has 4 heteroatoms. The number of hydrogen-bond donors (Lipinski definition) is 0. The summed E-state index contributed by atoms with van der Waals surface area (Å²) >= 11 is 10.5.